The molecule has 0 aliphatic carbocycles. The van der Waals surface area contributed by atoms with Gasteiger partial charge in [0.25, 0.3) is 0 Å². The maximum Gasteiger partial charge on any atom is 0.139 e. The molecule has 0 N–H and O–H groups in total. The van der Waals surface area contributed by atoms with Crippen LogP contribution < -0.4 is 39.8 Å². The molecule has 0 aliphatic heterocycles. The summed E-state index contributed by atoms with van der Waals surface area (Å²) in [6.07, 6.45) is 7.27. The highest BCUT2D eigenvalue weighted by molar-refractivity contribution is 6.89. The Morgan fingerprint density at radius 2 is 0.353 bits per heavy atom. The molecule has 0 unspecified atom stereocenters. The van der Waals surface area contributed by atoms with Gasteiger partial charge in [-0.3, -0.25) is 19.6 Å². The first-order valence-corrected chi connectivity index (χ1v) is 58.2. The number of aromatic nitrogens is 8. The highest BCUT2D eigenvalue weighted by atomic mass is 28.3. The molecule has 26 aromatic rings. The van der Waals surface area contributed by atoms with E-state index in [0.29, 0.717) is 0 Å². The summed E-state index contributed by atoms with van der Waals surface area (Å²) in [5.41, 5.74) is 19.7. The average Bonchev–Trinajstić information content (AvgIpc) is 0.725. The van der Waals surface area contributed by atoms with Gasteiger partial charge in [0.15, 0.2) is 0 Å². The number of rotatable bonds is 22. The summed E-state index contributed by atoms with van der Waals surface area (Å²) >= 11 is 0. The predicted molar refractivity (Wildman–Crippen MR) is 637 cm³/mol. The molecule has 8 aromatic heterocycles. The Hall–Kier alpha value is -18.5. The highest BCUT2D eigenvalue weighted by Gasteiger charge is 2.31. The van der Waals surface area contributed by atoms with Crippen molar-refractivity contribution < 1.29 is 0 Å². The van der Waals surface area contributed by atoms with Gasteiger partial charge in [0.05, 0.1) is 50.3 Å². The van der Waals surface area contributed by atoms with Gasteiger partial charge in [-0.25, -0.2) is 39.9 Å². The molecule has 0 spiro atoms. The summed E-state index contributed by atoms with van der Waals surface area (Å²) in [6, 6.07) is 160. The molecule has 0 amide bonds. The molecule has 0 radical (unpaired) electrons. The van der Waals surface area contributed by atoms with Crippen LogP contribution in [-0.2, 0) is 0 Å². The van der Waals surface area contributed by atoms with Crippen molar-refractivity contribution in [2.75, 3.05) is 29.4 Å². The van der Waals surface area contributed by atoms with Gasteiger partial charge < -0.3 is 9.80 Å². The van der Waals surface area contributed by atoms with Crippen LogP contribution in [0.15, 0.2) is 474 Å². The van der Waals surface area contributed by atoms with Gasteiger partial charge >= 0.3 is 0 Å². The molecule has 0 fully saturated rings. The molecule has 0 saturated heterocycles. The largest absolute Gasteiger partial charge is 0.310 e. The normalized spacial score (nSPS) is 11.7. The molecular weight excluding hydrogens is 1860 g/mol. The van der Waals surface area contributed by atoms with Gasteiger partial charge in [-0.15, -0.1) is 0 Å². The lowest BCUT2D eigenvalue weighted by Gasteiger charge is -2.30. The van der Waals surface area contributed by atoms with E-state index >= 15 is 0 Å². The van der Waals surface area contributed by atoms with Crippen LogP contribution in [-0.4, -0.2) is 56.0 Å². The zero-order valence-electron chi connectivity index (χ0n) is 85.3. The number of hydrogen-bond donors (Lipinski definition) is 0. The fourth-order valence-corrected chi connectivity index (χ4v) is 23.8. The van der Waals surface area contributed by atoms with Crippen molar-refractivity contribution in [2.24, 2.45) is 0 Å². The number of pyridine rings is 8. The highest BCUT2D eigenvalue weighted by Crippen LogP contribution is 2.53. The van der Waals surface area contributed by atoms with Gasteiger partial charge in [0.1, 0.15) is 46.5 Å². The SMILES string of the molecule is C[Si](C)(C)c1ccc(N(c2ccc(-c3ccccc3)cc2)c2ccc3ccc4c(N(c5ccc(-c6ccccc6)cc5)c5ccc([Si](C)(C)C)cc5)ccc5ccc2c3c54)cc1.Cc1cccc(N(c2cccc(C)n2)c2ccc3ccc4c(N(c5cccc(C)n5)c5cccc(C)n5)ccc5ccc2c3c54)n1.c1ccc(N(c2ccccn2)c2ccc3ccc4c(N(c5ccccn5)c5ccccn5)ccc5ccc2c3c54)nc1. The Balaban J connectivity index is 0.000000122. The quantitative estimate of drug-likeness (QED) is 0.0472. The number of hydrogen-bond acceptors (Lipinski definition) is 14. The molecule has 14 nitrogen and oxygen atoms in total. The third-order valence-electron chi connectivity index (χ3n) is 28.7. The summed E-state index contributed by atoms with van der Waals surface area (Å²) in [5.74, 6) is 6.55. The van der Waals surface area contributed by atoms with Crippen molar-refractivity contribution in [3.05, 3.63) is 496 Å². The lowest BCUT2D eigenvalue weighted by molar-refractivity contribution is 1.08. The first kappa shape index (κ1) is 93.8. The number of benzene rings is 18. The molecule has 150 heavy (non-hydrogen) atoms. The summed E-state index contributed by atoms with van der Waals surface area (Å²) in [5, 5.41) is 24.5. The van der Waals surface area contributed by atoms with E-state index in [-0.39, 0.29) is 0 Å². The van der Waals surface area contributed by atoms with Crippen molar-refractivity contribution in [3.63, 3.8) is 0 Å². The van der Waals surface area contributed by atoms with Crippen LogP contribution in [0.5, 0.6) is 0 Å². The molecule has 0 aliphatic rings. The molecule has 0 saturated carbocycles. The van der Waals surface area contributed by atoms with E-state index in [0.717, 1.165) is 136 Å². The number of nitrogens with zero attached hydrogens (tertiary/aromatic N) is 14. The maximum absolute atomic E-state index is 4.95. The topological polar surface area (TPSA) is 123 Å². The number of aryl methyl sites for hydroxylation is 4. The molecule has 0 atom stereocenters. The third kappa shape index (κ3) is 17.9. The predicted octanol–water partition coefficient (Wildman–Crippen LogP) is 35.4. The second kappa shape index (κ2) is 39.5. The molecule has 722 valence electrons. The molecule has 26 rings (SSSR count). The van der Waals surface area contributed by atoms with Crippen molar-refractivity contribution in [2.45, 2.75) is 67.0 Å². The zero-order chi connectivity index (χ0) is 102. The number of anilines is 18. The molecular formula is C134H108N14Si2. The van der Waals surface area contributed by atoms with Crippen LogP contribution in [0.1, 0.15) is 22.8 Å². The van der Waals surface area contributed by atoms with Crippen molar-refractivity contribution in [3.8, 4) is 22.3 Å². The van der Waals surface area contributed by atoms with Crippen LogP contribution in [0.3, 0.4) is 0 Å². The Labute approximate surface area is 875 Å². The maximum atomic E-state index is 4.95. The van der Waals surface area contributed by atoms with Crippen LogP contribution in [0, 0.1) is 27.7 Å². The van der Waals surface area contributed by atoms with Gasteiger partial charge in [-0.1, -0.05) is 317 Å². The Morgan fingerprint density at radius 1 is 0.160 bits per heavy atom. The van der Waals surface area contributed by atoms with Gasteiger partial charge in [-0.2, -0.15) is 0 Å². The lowest BCUT2D eigenvalue weighted by atomic mass is 9.91. The van der Waals surface area contributed by atoms with Crippen LogP contribution in [0.4, 0.5) is 103 Å². The van der Waals surface area contributed by atoms with E-state index in [1.165, 1.54) is 119 Å². The van der Waals surface area contributed by atoms with Crippen molar-refractivity contribution >= 4 is 227 Å². The first-order chi connectivity index (χ1) is 73.3. The van der Waals surface area contributed by atoms with Crippen LogP contribution in [0.2, 0.25) is 39.3 Å². The van der Waals surface area contributed by atoms with E-state index in [4.69, 9.17) is 39.9 Å². The third-order valence-corrected chi connectivity index (χ3v) is 32.8. The molecule has 16 heteroatoms. The van der Waals surface area contributed by atoms with Gasteiger partial charge in [0, 0.05) is 103 Å². The second-order valence-electron chi connectivity index (χ2n) is 40.5. The average molecular weight is 1970 g/mol. The fraction of sp³-hybridized carbons (Fsp3) is 0.0746. The first-order valence-electron chi connectivity index (χ1n) is 51.2. The minimum Gasteiger partial charge on any atom is -0.310 e. The molecule has 0 bridgehead atoms. The Kier molecular flexibility index (Phi) is 24.7. The Bertz CT molecular complexity index is 8680. The molecule has 8 heterocycles. The van der Waals surface area contributed by atoms with E-state index in [1.54, 1.807) is 0 Å². The van der Waals surface area contributed by atoms with Crippen molar-refractivity contribution in [1.29, 1.82) is 0 Å². The van der Waals surface area contributed by atoms with E-state index in [9.17, 15) is 0 Å². The zero-order valence-corrected chi connectivity index (χ0v) is 87.3. The smallest absolute Gasteiger partial charge is 0.139 e. The van der Waals surface area contributed by atoms with Crippen LogP contribution >= 0.6 is 0 Å². The summed E-state index contributed by atoms with van der Waals surface area (Å²) in [6.45, 7) is 22.6. The summed E-state index contributed by atoms with van der Waals surface area (Å²) in [4.78, 5) is 52.1. The van der Waals surface area contributed by atoms with Crippen LogP contribution in [0.25, 0.3) is 119 Å². The molecule has 18 aromatic carbocycles. The van der Waals surface area contributed by atoms with E-state index in [2.05, 4.69) is 421 Å². The van der Waals surface area contributed by atoms with E-state index in [1.807, 2.05) is 150 Å². The minimum absolute atomic E-state index is 0.809. The minimum atomic E-state index is -1.50. The fourth-order valence-electron chi connectivity index (χ4n) is 21.4. The summed E-state index contributed by atoms with van der Waals surface area (Å²) < 4.78 is 0. The van der Waals surface area contributed by atoms with E-state index < -0.39 is 16.1 Å². The lowest BCUT2D eigenvalue weighted by Crippen LogP contribution is -2.37. The standard InChI is InChI=1S/C58H52N2Si2.C40H32N6.C36H24N6/c1-61(2,3)51-33-29-49(30-34-51)59(47-25-17-43(18-26-47)41-13-9-7-10-14-41)55-39-23-45-22-38-54-56(40-24-46-21-37-53(55)57(45)58(46)54)60(50-31-35-52(36-32-50)62(4,5)6)48-27-19-44(20-28-48)42-15-11-8-12-16-42;1-25-9-5-13-35(41-25)45(36-14-6-10-26(2)42-36)33-23-19-29-18-22-32-34(24-20-30-17-21-31(33)39(29)40(30)32)46(37-15-7-11-27(3)43-37)38-16-8-12-28(4)44-38;1-5-21-37-31(9-1)41(32-10-2-6-22-38-32)29-19-15-25-14-18-28-30(20-16-26-13-17-27(29)35(25)36(26)28)42(33-11-3-7-23-39-33)34-12-4-8-24-40-34/h7-40H,1-6H3;5-24H,1-4H3;1-24H. The summed E-state index contributed by atoms with van der Waals surface area (Å²) in [7, 11) is -2.99. The Morgan fingerprint density at radius 3 is 0.567 bits per heavy atom. The van der Waals surface area contributed by atoms with Gasteiger partial charge in [-0.05, 0) is 297 Å². The van der Waals surface area contributed by atoms with Gasteiger partial charge in [0.2, 0.25) is 0 Å². The second-order valence-corrected chi connectivity index (χ2v) is 50.7. The van der Waals surface area contributed by atoms with Crippen molar-refractivity contribution in [1.82, 2.24) is 39.9 Å². The monoisotopic (exact) mass is 1970 g/mol.